The molecule has 0 amide bonds. The lowest BCUT2D eigenvalue weighted by Crippen LogP contribution is -2.69. The molecule has 4 rings (SSSR count). The van der Waals surface area contributed by atoms with Gasteiger partial charge >= 0.3 is 12.1 Å². The summed E-state index contributed by atoms with van der Waals surface area (Å²) in [7, 11) is 0. The summed E-state index contributed by atoms with van der Waals surface area (Å²) in [6, 6.07) is 0. The monoisotopic (exact) mass is 522 g/mol. The van der Waals surface area contributed by atoms with E-state index in [1.165, 1.54) is 12.2 Å². The van der Waals surface area contributed by atoms with Gasteiger partial charge in [0.25, 0.3) is 0 Å². The highest BCUT2D eigenvalue weighted by Crippen LogP contribution is 2.73. The SMILES string of the molecule is CC(=O)OCC(=O)[C@@]1(O)CC[C@H]2[C@@H]3C[C@H](C(F)(F)F)C4=CC(=O)C=C[C@]4(C)[C@@]3(Cl)[C@@H](Cl)C[C@@]21C. The first-order chi connectivity index (χ1) is 15.5. The molecule has 5 nitrogen and oxygen atoms in total. The number of ether oxygens (including phenoxy) is 1. The van der Waals surface area contributed by atoms with Gasteiger partial charge < -0.3 is 9.84 Å². The Labute approximate surface area is 205 Å². The lowest BCUT2D eigenvalue weighted by Gasteiger charge is -2.65. The van der Waals surface area contributed by atoms with Crippen molar-refractivity contribution in [2.75, 3.05) is 6.61 Å². The van der Waals surface area contributed by atoms with Crippen molar-refractivity contribution >= 4 is 40.7 Å². The molecule has 1 N–H and O–H groups in total. The Morgan fingerprint density at radius 3 is 2.50 bits per heavy atom. The summed E-state index contributed by atoms with van der Waals surface area (Å²) >= 11 is 14.2. The molecule has 0 bridgehead atoms. The minimum absolute atomic E-state index is 0.00572. The molecule has 0 unspecified atom stereocenters. The Kier molecular flexibility index (Phi) is 5.90. The Balaban J connectivity index is 1.81. The van der Waals surface area contributed by atoms with Gasteiger partial charge in [-0.1, -0.05) is 19.9 Å². The van der Waals surface area contributed by atoms with Gasteiger partial charge in [0.05, 0.1) is 16.2 Å². The zero-order valence-corrected chi connectivity index (χ0v) is 20.6. The van der Waals surface area contributed by atoms with Crippen molar-refractivity contribution in [3.63, 3.8) is 0 Å². The highest BCUT2D eigenvalue weighted by atomic mass is 35.5. The van der Waals surface area contributed by atoms with Crippen LogP contribution in [-0.2, 0) is 19.1 Å². The Bertz CT molecular complexity index is 1010. The number of hydrogen-bond acceptors (Lipinski definition) is 5. The van der Waals surface area contributed by atoms with E-state index in [4.69, 9.17) is 27.9 Å². The van der Waals surface area contributed by atoms with Crippen molar-refractivity contribution in [1.29, 1.82) is 0 Å². The summed E-state index contributed by atoms with van der Waals surface area (Å²) in [6.07, 6.45) is -0.968. The van der Waals surface area contributed by atoms with Gasteiger partial charge in [0.15, 0.2) is 12.4 Å². The zero-order chi connectivity index (χ0) is 25.5. The van der Waals surface area contributed by atoms with Crippen LogP contribution in [0.4, 0.5) is 13.2 Å². The van der Waals surface area contributed by atoms with E-state index < -0.39 is 81.2 Å². The van der Waals surface area contributed by atoms with Crippen molar-refractivity contribution in [3.05, 3.63) is 23.8 Å². The van der Waals surface area contributed by atoms with Crippen molar-refractivity contribution in [2.24, 2.45) is 28.6 Å². The molecular weight excluding hydrogens is 496 g/mol. The van der Waals surface area contributed by atoms with E-state index in [2.05, 4.69) is 0 Å². The fourth-order valence-electron chi connectivity index (χ4n) is 7.28. The zero-order valence-electron chi connectivity index (χ0n) is 19.0. The summed E-state index contributed by atoms with van der Waals surface area (Å²) in [5.41, 5.74) is -4.52. The topological polar surface area (TPSA) is 80.7 Å². The third-order valence-electron chi connectivity index (χ3n) is 9.07. The van der Waals surface area contributed by atoms with Gasteiger partial charge in [0, 0.05) is 17.8 Å². The van der Waals surface area contributed by atoms with Gasteiger partial charge in [-0.3, -0.25) is 14.4 Å². The maximum Gasteiger partial charge on any atom is 0.395 e. The minimum Gasteiger partial charge on any atom is -0.458 e. The Morgan fingerprint density at radius 2 is 1.91 bits per heavy atom. The van der Waals surface area contributed by atoms with Crippen LogP contribution in [0.1, 0.15) is 46.5 Å². The summed E-state index contributed by atoms with van der Waals surface area (Å²) in [6.45, 7) is 3.77. The number of ketones is 2. The molecule has 0 aliphatic heterocycles. The van der Waals surface area contributed by atoms with Crippen molar-refractivity contribution in [2.45, 2.75) is 68.5 Å². The Morgan fingerprint density at radius 1 is 1.26 bits per heavy atom. The van der Waals surface area contributed by atoms with E-state index in [-0.39, 0.29) is 24.8 Å². The molecule has 0 aromatic carbocycles. The molecule has 0 aromatic heterocycles. The number of esters is 1. The van der Waals surface area contributed by atoms with Gasteiger partial charge in [0.2, 0.25) is 5.78 Å². The Hall–Kier alpha value is -1.38. The van der Waals surface area contributed by atoms with Crippen LogP contribution in [0.2, 0.25) is 0 Å². The number of carbonyl (C=O) groups excluding carboxylic acids is 3. The normalized spacial score (nSPS) is 45.7. The quantitative estimate of drug-likeness (QED) is 0.435. The standard InChI is InChI=1S/C24H27Cl2F3O5/c1-12(30)34-11-19(32)22(33)7-5-14-16-9-17(24(27,28)29)15-8-13(31)4-6-20(15,2)23(16,26)18(25)10-21(14,22)3/h4,6,8,14,16-18,33H,5,7,9-11H2,1-3H3/t14-,16-,17-,18-,20-,21-,22-,23-/m0/s1. The number of carbonyl (C=O) groups is 3. The van der Waals surface area contributed by atoms with Crippen LogP contribution >= 0.6 is 23.2 Å². The van der Waals surface area contributed by atoms with E-state index >= 15 is 0 Å². The van der Waals surface area contributed by atoms with Crippen LogP contribution in [0.5, 0.6) is 0 Å². The number of allylic oxidation sites excluding steroid dienone is 4. The van der Waals surface area contributed by atoms with Crippen LogP contribution in [0.15, 0.2) is 23.8 Å². The molecule has 4 aliphatic carbocycles. The largest absolute Gasteiger partial charge is 0.458 e. The fourth-order valence-corrected chi connectivity index (χ4v) is 8.48. The number of halogens is 5. The molecule has 3 saturated carbocycles. The van der Waals surface area contributed by atoms with E-state index in [0.717, 1.165) is 13.0 Å². The average Bonchev–Trinajstić information content (AvgIpc) is 2.98. The smallest absolute Gasteiger partial charge is 0.395 e. The molecule has 4 aliphatic rings. The molecule has 8 atom stereocenters. The third-order valence-corrected chi connectivity index (χ3v) is 10.6. The molecule has 0 saturated heterocycles. The molecule has 0 heterocycles. The van der Waals surface area contributed by atoms with Crippen molar-refractivity contribution in [3.8, 4) is 0 Å². The van der Waals surface area contributed by atoms with Crippen molar-refractivity contribution < 1.29 is 37.4 Å². The predicted molar refractivity (Wildman–Crippen MR) is 118 cm³/mol. The summed E-state index contributed by atoms with van der Waals surface area (Å²) in [5, 5.41) is 10.6. The van der Waals surface area contributed by atoms with Crippen LogP contribution in [-0.4, -0.2) is 51.3 Å². The molecule has 34 heavy (non-hydrogen) atoms. The summed E-state index contributed by atoms with van der Waals surface area (Å²) in [5.74, 6) is -5.14. The third kappa shape index (κ3) is 3.27. The minimum atomic E-state index is -4.62. The first kappa shape index (κ1) is 25.7. The van der Waals surface area contributed by atoms with E-state index in [0.29, 0.717) is 0 Å². The number of Topliss-reactive ketones (excluding diaryl/α,β-unsaturated/α-hetero) is 1. The van der Waals surface area contributed by atoms with Gasteiger partial charge in [-0.15, -0.1) is 23.2 Å². The maximum absolute atomic E-state index is 14.3. The van der Waals surface area contributed by atoms with E-state index in [1.54, 1.807) is 13.8 Å². The number of aliphatic hydroxyl groups is 1. The first-order valence-corrected chi connectivity index (χ1v) is 12.1. The molecule has 0 aromatic rings. The maximum atomic E-state index is 14.3. The average molecular weight is 523 g/mol. The highest BCUT2D eigenvalue weighted by Gasteiger charge is 2.75. The molecule has 0 radical (unpaired) electrons. The molecule has 10 heteroatoms. The van der Waals surface area contributed by atoms with Gasteiger partial charge in [0.1, 0.15) is 5.60 Å². The predicted octanol–water partition coefficient (Wildman–Crippen LogP) is 4.52. The highest BCUT2D eigenvalue weighted by molar-refractivity contribution is 6.34. The van der Waals surface area contributed by atoms with Crippen LogP contribution in [0.3, 0.4) is 0 Å². The number of hydrogen-bond donors (Lipinski definition) is 1. The van der Waals surface area contributed by atoms with E-state index in [1.807, 2.05) is 0 Å². The lowest BCUT2D eigenvalue weighted by molar-refractivity contribution is -0.192. The number of rotatable bonds is 3. The van der Waals surface area contributed by atoms with Gasteiger partial charge in [-0.25, -0.2) is 0 Å². The van der Waals surface area contributed by atoms with E-state index in [9.17, 15) is 32.7 Å². The molecular formula is C24H27Cl2F3O5. The van der Waals surface area contributed by atoms with Gasteiger partial charge in [-0.05, 0) is 55.2 Å². The first-order valence-electron chi connectivity index (χ1n) is 11.3. The van der Waals surface area contributed by atoms with Crippen LogP contribution in [0.25, 0.3) is 0 Å². The second-order valence-electron chi connectivity index (χ2n) is 10.5. The molecule has 3 fully saturated rings. The second-order valence-corrected chi connectivity index (χ2v) is 11.7. The number of alkyl halides is 5. The van der Waals surface area contributed by atoms with Crippen molar-refractivity contribution in [1.82, 2.24) is 0 Å². The van der Waals surface area contributed by atoms with Crippen LogP contribution < -0.4 is 0 Å². The molecule has 0 spiro atoms. The summed E-state index contributed by atoms with van der Waals surface area (Å²) < 4.78 is 47.7. The fraction of sp³-hybridized carbons (Fsp3) is 0.708. The second kappa shape index (κ2) is 7.81. The molecule has 188 valence electrons. The summed E-state index contributed by atoms with van der Waals surface area (Å²) in [4.78, 5) is 34.9. The van der Waals surface area contributed by atoms with Gasteiger partial charge in [-0.2, -0.15) is 13.2 Å². The number of fused-ring (bicyclic) bond motifs is 5. The lowest BCUT2D eigenvalue weighted by atomic mass is 9.44. The van der Waals surface area contributed by atoms with Crippen LogP contribution in [0, 0.1) is 28.6 Å².